The Morgan fingerprint density at radius 3 is 2.56 bits per heavy atom. The third kappa shape index (κ3) is 4.52. The lowest BCUT2D eigenvalue weighted by Gasteiger charge is -2.11. The molecule has 2 aliphatic rings. The van der Waals surface area contributed by atoms with Crippen molar-refractivity contribution in [2.45, 2.75) is 52.9 Å². The summed E-state index contributed by atoms with van der Waals surface area (Å²) in [5, 5.41) is 0. The van der Waals surface area contributed by atoms with E-state index in [-0.39, 0.29) is 0 Å². The highest BCUT2D eigenvalue weighted by Gasteiger charge is 2.27. The highest BCUT2D eigenvalue weighted by molar-refractivity contribution is 6.03. The molecule has 0 spiro atoms. The number of hydrogen-bond acceptors (Lipinski definition) is 1. The van der Waals surface area contributed by atoms with Crippen molar-refractivity contribution in [1.82, 2.24) is 0 Å². The minimum atomic E-state index is -0.879. The van der Waals surface area contributed by atoms with Crippen LogP contribution in [0.3, 0.4) is 0 Å². The fourth-order valence-corrected chi connectivity index (χ4v) is 3.50. The zero-order valence-corrected chi connectivity index (χ0v) is 16.4. The summed E-state index contributed by atoms with van der Waals surface area (Å²) in [5.74, 6) is -1.09. The van der Waals surface area contributed by atoms with Crippen LogP contribution in [-0.2, 0) is 0 Å². The number of hydrogen-bond donors (Lipinski definition) is 0. The minimum Gasteiger partial charge on any atom is -0.252 e. The maximum atomic E-state index is 13.9. The molecule has 2 aliphatic carbocycles. The van der Waals surface area contributed by atoms with E-state index in [1.807, 2.05) is 13.8 Å². The van der Waals surface area contributed by atoms with Crippen LogP contribution in [-0.4, -0.2) is 5.71 Å². The van der Waals surface area contributed by atoms with Gasteiger partial charge in [-0.05, 0) is 74.3 Å². The highest BCUT2D eigenvalue weighted by Crippen LogP contribution is 2.41. The van der Waals surface area contributed by atoms with E-state index in [1.165, 1.54) is 36.1 Å². The molecule has 0 amide bonds. The van der Waals surface area contributed by atoms with Crippen LogP contribution in [0.4, 0.5) is 14.5 Å². The van der Waals surface area contributed by atoms with Crippen molar-refractivity contribution in [2.75, 3.05) is 0 Å². The van der Waals surface area contributed by atoms with Gasteiger partial charge in [0.25, 0.3) is 0 Å². The topological polar surface area (TPSA) is 12.4 Å². The van der Waals surface area contributed by atoms with Crippen LogP contribution >= 0.6 is 0 Å². The van der Waals surface area contributed by atoms with Crippen LogP contribution in [0.5, 0.6) is 0 Å². The van der Waals surface area contributed by atoms with E-state index in [0.717, 1.165) is 36.1 Å². The smallest absolute Gasteiger partial charge is 0.161 e. The van der Waals surface area contributed by atoms with Crippen molar-refractivity contribution < 1.29 is 8.78 Å². The molecule has 0 aromatic heterocycles. The monoisotopic (exact) mass is 367 g/mol. The second-order valence-electron chi connectivity index (χ2n) is 7.49. The third-order valence-electron chi connectivity index (χ3n) is 5.22. The lowest BCUT2D eigenvalue weighted by molar-refractivity contribution is 0.508. The Balaban J connectivity index is 1.99. The second-order valence-corrected chi connectivity index (χ2v) is 7.49. The van der Waals surface area contributed by atoms with E-state index in [0.29, 0.717) is 17.2 Å². The SMILES string of the molecule is C=C(CCC)c1cc(F)c(F)cc1N=C(C)C1=CCC=C(C)C(C2CC2)=C1. The average Bonchev–Trinajstić information content (AvgIpc) is 3.45. The largest absolute Gasteiger partial charge is 0.252 e. The standard InChI is InChI=1S/C24H27F2N/c1-5-7-15(2)21-13-22(25)23(26)14-24(21)27-17(4)19-9-6-8-16(3)20(12-19)18-10-11-18/h8-9,12-14,18H,2,5-7,10-11H2,1,3-4H3. The molecule has 3 heteroatoms. The normalized spacial score (nSPS) is 17.8. The van der Waals surface area contributed by atoms with Crippen LogP contribution in [0.15, 0.2) is 58.7 Å². The van der Waals surface area contributed by atoms with Gasteiger partial charge in [0.1, 0.15) is 0 Å². The predicted octanol–water partition coefficient (Wildman–Crippen LogP) is 7.48. The van der Waals surface area contributed by atoms with Crippen molar-refractivity contribution >= 4 is 17.0 Å². The molecule has 0 heterocycles. The van der Waals surface area contributed by atoms with Crippen LogP contribution < -0.4 is 0 Å². The molecule has 1 nitrogen and oxygen atoms in total. The summed E-state index contributed by atoms with van der Waals surface area (Å²) < 4.78 is 27.7. The average molecular weight is 367 g/mol. The molecule has 0 radical (unpaired) electrons. The van der Waals surface area contributed by atoms with E-state index in [1.54, 1.807) is 0 Å². The number of aliphatic imine (C=N–C) groups is 1. The summed E-state index contributed by atoms with van der Waals surface area (Å²) in [7, 11) is 0. The number of halogens is 2. The van der Waals surface area contributed by atoms with Crippen LogP contribution in [0, 0.1) is 17.6 Å². The van der Waals surface area contributed by atoms with Gasteiger partial charge in [-0.15, -0.1) is 0 Å². The van der Waals surface area contributed by atoms with Gasteiger partial charge in [0, 0.05) is 17.3 Å². The minimum absolute atomic E-state index is 0.445. The molecule has 0 unspecified atom stereocenters. The van der Waals surface area contributed by atoms with Gasteiger partial charge in [-0.25, -0.2) is 8.78 Å². The zero-order valence-electron chi connectivity index (χ0n) is 16.4. The van der Waals surface area contributed by atoms with Crippen molar-refractivity contribution in [3.8, 4) is 0 Å². The van der Waals surface area contributed by atoms with Gasteiger partial charge in [-0.3, -0.25) is 4.99 Å². The number of rotatable bonds is 6. The molecule has 1 aromatic carbocycles. The van der Waals surface area contributed by atoms with E-state index >= 15 is 0 Å². The molecule has 0 atom stereocenters. The Labute approximate surface area is 160 Å². The summed E-state index contributed by atoms with van der Waals surface area (Å²) in [6.45, 7) is 10.2. The molecule has 142 valence electrons. The first-order valence-corrected chi connectivity index (χ1v) is 9.72. The molecule has 1 fully saturated rings. The van der Waals surface area contributed by atoms with Gasteiger partial charge in [0.05, 0.1) is 5.69 Å². The fraction of sp³-hybridized carbons (Fsp3) is 0.375. The zero-order chi connectivity index (χ0) is 19.6. The Hall–Kier alpha value is -2.29. The van der Waals surface area contributed by atoms with Crippen LogP contribution in [0.25, 0.3) is 5.57 Å². The first-order chi connectivity index (χ1) is 12.9. The first kappa shape index (κ1) is 19.5. The molecule has 0 saturated heterocycles. The summed E-state index contributed by atoms with van der Waals surface area (Å²) in [5.41, 5.74) is 6.40. The maximum absolute atomic E-state index is 13.9. The number of allylic oxidation sites excluding steroid dienone is 7. The Morgan fingerprint density at radius 1 is 1.19 bits per heavy atom. The molecule has 1 aromatic rings. The summed E-state index contributed by atoms with van der Waals surface area (Å²) in [6, 6.07) is 2.40. The van der Waals surface area contributed by atoms with E-state index in [9.17, 15) is 8.78 Å². The van der Waals surface area contributed by atoms with Crippen LogP contribution in [0.2, 0.25) is 0 Å². The number of nitrogens with zero attached hydrogens (tertiary/aromatic N) is 1. The summed E-state index contributed by atoms with van der Waals surface area (Å²) >= 11 is 0. The number of benzene rings is 1. The lowest BCUT2D eigenvalue weighted by Crippen LogP contribution is -1.98. The van der Waals surface area contributed by atoms with Gasteiger partial charge in [0.2, 0.25) is 0 Å². The van der Waals surface area contributed by atoms with Gasteiger partial charge < -0.3 is 0 Å². The molecule has 1 saturated carbocycles. The summed E-state index contributed by atoms with van der Waals surface area (Å²) in [4.78, 5) is 4.68. The van der Waals surface area contributed by atoms with E-state index in [4.69, 9.17) is 0 Å². The molecular formula is C24H27F2N. The molecule has 3 rings (SSSR count). The van der Waals surface area contributed by atoms with Crippen LogP contribution in [0.1, 0.15) is 58.4 Å². The lowest BCUT2D eigenvalue weighted by atomic mass is 9.99. The Kier molecular flexibility index (Phi) is 5.88. The maximum Gasteiger partial charge on any atom is 0.161 e. The van der Waals surface area contributed by atoms with Gasteiger partial charge in [-0.2, -0.15) is 0 Å². The second kappa shape index (κ2) is 8.16. The molecule has 0 N–H and O–H groups in total. The Morgan fingerprint density at radius 2 is 1.89 bits per heavy atom. The van der Waals surface area contributed by atoms with E-state index < -0.39 is 11.6 Å². The molecule has 0 aliphatic heterocycles. The fourth-order valence-electron chi connectivity index (χ4n) is 3.50. The molecular weight excluding hydrogens is 340 g/mol. The summed E-state index contributed by atoms with van der Waals surface area (Å²) in [6.07, 6.45) is 11.6. The first-order valence-electron chi connectivity index (χ1n) is 9.72. The Bertz CT molecular complexity index is 880. The van der Waals surface area contributed by atoms with Crippen molar-refractivity contribution in [3.05, 3.63) is 70.9 Å². The van der Waals surface area contributed by atoms with Gasteiger partial charge >= 0.3 is 0 Å². The van der Waals surface area contributed by atoms with Gasteiger partial charge in [0.15, 0.2) is 11.6 Å². The van der Waals surface area contributed by atoms with Crippen molar-refractivity contribution in [3.63, 3.8) is 0 Å². The highest BCUT2D eigenvalue weighted by atomic mass is 19.2. The predicted molar refractivity (Wildman–Crippen MR) is 110 cm³/mol. The molecule has 27 heavy (non-hydrogen) atoms. The quantitative estimate of drug-likeness (QED) is 0.462. The van der Waals surface area contributed by atoms with Gasteiger partial charge in [-0.1, -0.05) is 37.6 Å². The molecule has 0 bridgehead atoms. The third-order valence-corrected chi connectivity index (χ3v) is 5.22. The van der Waals surface area contributed by atoms with Crippen molar-refractivity contribution in [2.24, 2.45) is 10.9 Å². The van der Waals surface area contributed by atoms with Crippen molar-refractivity contribution in [1.29, 1.82) is 0 Å². The van der Waals surface area contributed by atoms with E-state index in [2.05, 4.69) is 36.7 Å².